The van der Waals surface area contributed by atoms with Gasteiger partial charge < -0.3 is 9.47 Å². The topological polar surface area (TPSA) is 66.0 Å². The molecule has 0 unspecified atom stereocenters. The molecule has 0 heterocycles. The van der Waals surface area contributed by atoms with Gasteiger partial charge in [0, 0.05) is 0 Å². The molecule has 0 saturated heterocycles. The fourth-order valence-electron chi connectivity index (χ4n) is 0.558. The maximum Gasteiger partial charge on any atom is 0.0700 e. The molecule has 0 radical (unpaired) electrons. The van der Waals surface area contributed by atoms with Crippen molar-refractivity contribution in [3.05, 3.63) is 0 Å². The summed E-state index contributed by atoms with van der Waals surface area (Å²) in [6, 6.07) is 3.94. The summed E-state index contributed by atoms with van der Waals surface area (Å²) in [5, 5.41) is 16.3. The molecule has 0 amide bonds. The Bertz CT molecular complexity index is 149. The first-order valence-corrected chi connectivity index (χ1v) is 3.81. The number of hydrogen-bond acceptors (Lipinski definition) is 4. The van der Waals surface area contributed by atoms with E-state index in [1.807, 2.05) is 12.1 Å². The molecule has 12 heavy (non-hydrogen) atoms. The first-order chi connectivity index (χ1) is 5.91. The van der Waals surface area contributed by atoms with Gasteiger partial charge in [0.1, 0.15) is 0 Å². The molecule has 0 rings (SSSR count). The smallest absolute Gasteiger partial charge is 0.0700 e. The van der Waals surface area contributed by atoms with Gasteiger partial charge in [-0.1, -0.05) is 0 Å². The van der Waals surface area contributed by atoms with Crippen molar-refractivity contribution in [2.45, 2.75) is 12.8 Å². The van der Waals surface area contributed by atoms with Crippen molar-refractivity contribution in [3.8, 4) is 12.1 Å². The Morgan fingerprint density at radius 1 is 0.750 bits per heavy atom. The van der Waals surface area contributed by atoms with Gasteiger partial charge in [0.05, 0.1) is 51.4 Å². The van der Waals surface area contributed by atoms with Crippen molar-refractivity contribution in [2.24, 2.45) is 0 Å². The monoisotopic (exact) mass is 168 g/mol. The third-order valence-corrected chi connectivity index (χ3v) is 1.09. The lowest BCUT2D eigenvalue weighted by atomic mass is 10.5. The molecule has 0 aliphatic heterocycles. The van der Waals surface area contributed by atoms with Crippen LogP contribution in [0.4, 0.5) is 0 Å². The third kappa shape index (κ3) is 8.90. The van der Waals surface area contributed by atoms with Gasteiger partial charge in [-0.05, 0) is 0 Å². The van der Waals surface area contributed by atoms with Crippen molar-refractivity contribution in [1.29, 1.82) is 10.5 Å². The highest BCUT2D eigenvalue weighted by atomic mass is 16.5. The van der Waals surface area contributed by atoms with Crippen LogP contribution in [0, 0.1) is 22.7 Å². The minimum absolute atomic E-state index is 0.415. The Labute approximate surface area is 72.3 Å². The van der Waals surface area contributed by atoms with Gasteiger partial charge in [-0.2, -0.15) is 10.5 Å². The Morgan fingerprint density at radius 2 is 1.17 bits per heavy atom. The zero-order chi connectivity index (χ0) is 9.07. The van der Waals surface area contributed by atoms with Gasteiger partial charge in [0.2, 0.25) is 0 Å². The van der Waals surface area contributed by atoms with Crippen molar-refractivity contribution in [3.63, 3.8) is 0 Å². The van der Waals surface area contributed by atoms with Gasteiger partial charge in [-0.3, -0.25) is 0 Å². The van der Waals surface area contributed by atoms with Crippen LogP contribution in [-0.4, -0.2) is 26.4 Å². The highest BCUT2D eigenvalue weighted by Gasteiger charge is 1.88. The summed E-state index contributed by atoms with van der Waals surface area (Å²) in [6.45, 7) is 1.90. The summed E-state index contributed by atoms with van der Waals surface area (Å²) in [6.07, 6.45) is 0.830. The predicted molar refractivity (Wildman–Crippen MR) is 42.1 cm³/mol. The van der Waals surface area contributed by atoms with Gasteiger partial charge in [0.15, 0.2) is 0 Å². The van der Waals surface area contributed by atoms with E-state index in [9.17, 15) is 0 Å². The molecule has 0 spiro atoms. The number of ether oxygens (including phenoxy) is 2. The van der Waals surface area contributed by atoms with Crippen LogP contribution >= 0.6 is 0 Å². The molecular weight excluding hydrogens is 156 g/mol. The van der Waals surface area contributed by atoms with Crippen LogP contribution in [0.3, 0.4) is 0 Å². The Morgan fingerprint density at radius 3 is 1.50 bits per heavy atom. The molecule has 0 aromatic heterocycles. The van der Waals surface area contributed by atoms with Crippen molar-refractivity contribution in [2.75, 3.05) is 26.4 Å². The quantitative estimate of drug-likeness (QED) is 0.528. The number of hydrogen-bond donors (Lipinski definition) is 0. The highest BCUT2D eigenvalue weighted by Crippen LogP contribution is 1.83. The minimum atomic E-state index is 0.415. The molecule has 0 saturated carbocycles. The van der Waals surface area contributed by atoms with Crippen LogP contribution < -0.4 is 0 Å². The average Bonchev–Trinajstić information content (AvgIpc) is 2.10. The van der Waals surface area contributed by atoms with E-state index in [2.05, 4.69) is 0 Å². The molecule has 4 nitrogen and oxygen atoms in total. The summed E-state index contributed by atoms with van der Waals surface area (Å²) in [5.74, 6) is 0. The Balaban J connectivity index is 2.84. The van der Waals surface area contributed by atoms with Crippen LogP contribution in [-0.2, 0) is 9.47 Å². The zero-order valence-corrected chi connectivity index (χ0v) is 6.95. The molecule has 0 atom stereocenters. The normalized spacial score (nSPS) is 8.83. The van der Waals surface area contributed by atoms with Gasteiger partial charge in [-0.15, -0.1) is 0 Å². The Kier molecular flexibility index (Phi) is 8.99. The molecule has 0 aromatic rings. The maximum atomic E-state index is 8.14. The first kappa shape index (κ1) is 10.9. The van der Waals surface area contributed by atoms with E-state index >= 15 is 0 Å². The van der Waals surface area contributed by atoms with Crippen LogP contribution in [0.5, 0.6) is 0 Å². The zero-order valence-electron chi connectivity index (χ0n) is 6.95. The molecule has 66 valence electrons. The fourth-order valence-corrected chi connectivity index (χ4v) is 0.558. The SMILES string of the molecule is N#CCCOCCOCCC#N. The summed E-state index contributed by atoms with van der Waals surface area (Å²) in [5.41, 5.74) is 0. The standard InChI is InChI=1S/C8H12N2O2/c9-3-1-5-11-7-8-12-6-2-4-10/h1-2,5-8H2. The first-order valence-electron chi connectivity index (χ1n) is 3.81. The molecule has 4 heteroatoms. The summed E-state index contributed by atoms with van der Waals surface area (Å²) in [7, 11) is 0. The van der Waals surface area contributed by atoms with Crippen molar-refractivity contribution < 1.29 is 9.47 Å². The van der Waals surface area contributed by atoms with E-state index < -0.39 is 0 Å². The molecule has 0 aromatic carbocycles. The molecular formula is C8H12N2O2. The maximum absolute atomic E-state index is 8.14. The number of rotatable bonds is 7. The molecule has 0 N–H and O–H groups in total. The second kappa shape index (κ2) is 9.90. The highest BCUT2D eigenvalue weighted by molar-refractivity contribution is 4.67. The molecule has 0 fully saturated rings. The molecule has 0 bridgehead atoms. The van der Waals surface area contributed by atoms with E-state index in [4.69, 9.17) is 20.0 Å². The van der Waals surface area contributed by atoms with Crippen molar-refractivity contribution in [1.82, 2.24) is 0 Å². The van der Waals surface area contributed by atoms with Gasteiger partial charge >= 0.3 is 0 Å². The number of nitrogens with zero attached hydrogens (tertiary/aromatic N) is 2. The van der Waals surface area contributed by atoms with E-state index in [1.54, 1.807) is 0 Å². The lowest BCUT2D eigenvalue weighted by Gasteiger charge is -2.01. The summed E-state index contributed by atoms with van der Waals surface area (Å²) >= 11 is 0. The van der Waals surface area contributed by atoms with E-state index in [-0.39, 0.29) is 0 Å². The van der Waals surface area contributed by atoms with E-state index in [1.165, 1.54) is 0 Å². The van der Waals surface area contributed by atoms with Crippen LogP contribution in [0.2, 0.25) is 0 Å². The predicted octanol–water partition coefficient (Wildman–Crippen LogP) is 0.847. The lowest BCUT2D eigenvalue weighted by Crippen LogP contribution is -2.05. The third-order valence-electron chi connectivity index (χ3n) is 1.09. The fraction of sp³-hybridized carbons (Fsp3) is 0.750. The molecule has 0 aliphatic carbocycles. The second-order valence-electron chi connectivity index (χ2n) is 2.04. The van der Waals surface area contributed by atoms with Crippen molar-refractivity contribution >= 4 is 0 Å². The van der Waals surface area contributed by atoms with Crippen LogP contribution in [0.15, 0.2) is 0 Å². The summed E-state index contributed by atoms with van der Waals surface area (Å²) in [4.78, 5) is 0. The second-order valence-corrected chi connectivity index (χ2v) is 2.04. The largest absolute Gasteiger partial charge is 0.378 e. The minimum Gasteiger partial charge on any atom is -0.378 e. The lowest BCUT2D eigenvalue weighted by molar-refractivity contribution is 0.0520. The van der Waals surface area contributed by atoms with Crippen LogP contribution in [0.1, 0.15) is 12.8 Å². The number of nitriles is 2. The van der Waals surface area contributed by atoms with Crippen LogP contribution in [0.25, 0.3) is 0 Å². The average molecular weight is 168 g/mol. The van der Waals surface area contributed by atoms with Gasteiger partial charge in [-0.25, -0.2) is 0 Å². The van der Waals surface area contributed by atoms with E-state index in [0.717, 1.165) is 0 Å². The summed E-state index contributed by atoms with van der Waals surface area (Å²) < 4.78 is 10.0. The Hall–Kier alpha value is -1.10. The van der Waals surface area contributed by atoms with E-state index in [0.29, 0.717) is 39.3 Å². The molecule has 0 aliphatic rings. The van der Waals surface area contributed by atoms with Gasteiger partial charge in [0.25, 0.3) is 0 Å².